The number of nitrogens with zero attached hydrogens (tertiary/aromatic N) is 8. The average molecular weight is 575 g/mol. The van der Waals surface area contributed by atoms with Gasteiger partial charge in [0.05, 0.1) is 28.8 Å². The van der Waals surface area contributed by atoms with Gasteiger partial charge in [-0.3, -0.25) is 4.79 Å². The SMILES string of the molecule is CCCc1c(C(=O)N2CCN(c3nc4nccc(-c5ccc(C6CCCCC6)cc5)n4n3)CC2)cnn1-c1ccccc1. The van der Waals surface area contributed by atoms with Crippen LogP contribution in [0.5, 0.6) is 0 Å². The first-order chi connectivity index (χ1) is 21.2. The largest absolute Gasteiger partial charge is 0.336 e. The second-order valence-electron chi connectivity index (χ2n) is 11.7. The number of benzene rings is 2. The van der Waals surface area contributed by atoms with Crippen molar-refractivity contribution in [2.75, 3.05) is 31.1 Å². The van der Waals surface area contributed by atoms with E-state index in [2.05, 4.69) is 46.2 Å². The van der Waals surface area contributed by atoms with E-state index in [1.807, 2.05) is 50.5 Å². The third-order valence-corrected chi connectivity index (χ3v) is 8.95. The molecule has 0 N–H and O–H groups in total. The summed E-state index contributed by atoms with van der Waals surface area (Å²) in [6, 6.07) is 21.0. The Balaban J connectivity index is 1.06. The molecule has 4 heterocycles. The minimum Gasteiger partial charge on any atom is -0.336 e. The Morgan fingerprint density at radius 1 is 0.907 bits per heavy atom. The van der Waals surface area contributed by atoms with E-state index in [9.17, 15) is 4.79 Å². The van der Waals surface area contributed by atoms with Crippen LogP contribution < -0.4 is 4.90 Å². The van der Waals surface area contributed by atoms with Gasteiger partial charge >= 0.3 is 0 Å². The highest BCUT2D eigenvalue weighted by Gasteiger charge is 2.28. The third kappa shape index (κ3) is 5.40. The standard InChI is InChI=1S/C34H38N8O/c1-2-9-31-29(24-36-41(31)28-12-7-4-8-13-28)32(43)39-20-22-40(23-21-39)34-37-33-35-19-18-30(42(33)38-34)27-16-14-26(15-17-27)25-10-5-3-6-11-25/h4,7-8,12-19,24-25H,2-3,5-6,9-11,20-23H2,1H3. The zero-order chi connectivity index (χ0) is 29.2. The second kappa shape index (κ2) is 12.0. The maximum absolute atomic E-state index is 13.7. The molecule has 9 heteroatoms. The van der Waals surface area contributed by atoms with Gasteiger partial charge in [-0.25, -0.2) is 9.67 Å². The van der Waals surface area contributed by atoms with Crippen LogP contribution in [-0.4, -0.2) is 66.3 Å². The number of fused-ring (bicyclic) bond motifs is 1. The highest BCUT2D eigenvalue weighted by molar-refractivity contribution is 5.95. The first-order valence-electron chi connectivity index (χ1n) is 15.7. The average Bonchev–Trinajstić information content (AvgIpc) is 3.70. The molecule has 0 atom stereocenters. The summed E-state index contributed by atoms with van der Waals surface area (Å²) in [6.45, 7) is 4.64. The van der Waals surface area contributed by atoms with E-state index >= 15 is 0 Å². The van der Waals surface area contributed by atoms with Gasteiger partial charge in [0.2, 0.25) is 5.95 Å². The molecule has 220 valence electrons. The highest BCUT2D eigenvalue weighted by atomic mass is 16.2. The van der Waals surface area contributed by atoms with Crippen molar-refractivity contribution in [3.8, 4) is 16.9 Å². The fourth-order valence-electron chi connectivity index (χ4n) is 6.60. The van der Waals surface area contributed by atoms with E-state index < -0.39 is 0 Å². The normalized spacial score (nSPS) is 16.2. The van der Waals surface area contributed by atoms with Gasteiger partial charge in [0.1, 0.15) is 0 Å². The Bertz CT molecular complexity index is 1690. The summed E-state index contributed by atoms with van der Waals surface area (Å²) in [5, 5.41) is 9.48. The van der Waals surface area contributed by atoms with E-state index in [1.165, 1.54) is 37.7 Å². The third-order valence-electron chi connectivity index (χ3n) is 8.95. The van der Waals surface area contributed by atoms with Gasteiger partial charge in [-0.2, -0.15) is 14.6 Å². The Morgan fingerprint density at radius 3 is 2.42 bits per heavy atom. The summed E-state index contributed by atoms with van der Waals surface area (Å²) in [6.07, 6.45) is 11.9. The molecule has 1 amide bonds. The summed E-state index contributed by atoms with van der Waals surface area (Å²) < 4.78 is 3.75. The quantitative estimate of drug-likeness (QED) is 0.239. The minimum absolute atomic E-state index is 0.0360. The number of piperazine rings is 1. The Hall–Kier alpha value is -4.53. The lowest BCUT2D eigenvalue weighted by Gasteiger charge is -2.34. The molecule has 2 aliphatic rings. The summed E-state index contributed by atoms with van der Waals surface area (Å²) in [7, 11) is 0. The van der Waals surface area contributed by atoms with Crippen LogP contribution in [0.25, 0.3) is 22.7 Å². The first-order valence-corrected chi connectivity index (χ1v) is 15.7. The lowest BCUT2D eigenvalue weighted by atomic mass is 9.84. The van der Waals surface area contributed by atoms with Gasteiger partial charge in [-0.1, -0.05) is 75.1 Å². The van der Waals surface area contributed by atoms with Crippen molar-refractivity contribution in [3.05, 3.63) is 89.9 Å². The van der Waals surface area contributed by atoms with Crippen molar-refractivity contribution >= 4 is 17.6 Å². The Labute approximate surface area is 252 Å². The van der Waals surface area contributed by atoms with E-state index in [1.54, 1.807) is 12.4 Å². The number of rotatable bonds is 7. The first kappa shape index (κ1) is 27.3. The van der Waals surface area contributed by atoms with Crippen molar-refractivity contribution in [1.29, 1.82) is 0 Å². The van der Waals surface area contributed by atoms with Crippen LogP contribution in [-0.2, 0) is 6.42 Å². The van der Waals surface area contributed by atoms with Crippen molar-refractivity contribution in [2.24, 2.45) is 0 Å². The molecule has 1 saturated heterocycles. The number of para-hydroxylation sites is 1. The maximum Gasteiger partial charge on any atom is 0.257 e. The van der Waals surface area contributed by atoms with Gasteiger partial charge in [0.25, 0.3) is 11.7 Å². The second-order valence-corrected chi connectivity index (χ2v) is 11.7. The number of anilines is 1. The smallest absolute Gasteiger partial charge is 0.257 e. The lowest BCUT2D eigenvalue weighted by molar-refractivity contribution is 0.0745. The number of hydrogen-bond donors (Lipinski definition) is 0. The van der Waals surface area contributed by atoms with Gasteiger partial charge in [-0.15, -0.1) is 5.10 Å². The van der Waals surface area contributed by atoms with Crippen LogP contribution in [0, 0.1) is 0 Å². The molecule has 3 aromatic heterocycles. The molecule has 5 aromatic rings. The van der Waals surface area contributed by atoms with Crippen LogP contribution in [0.2, 0.25) is 0 Å². The number of carbonyl (C=O) groups excluding carboxylic acids is 1. The molecule has 0 bridgehead atoms. The molecule has 1 saturated carbocycles. The lowest BCUT2D eigenvalue weighted by Crippen LogP contribution is -2.49. The monoisotopic (exact) mass is 574 g/mol. The molecule has 2 fully saturated rings. The van der Waals surface area contributed by atoms with Crippen LogP contribution in [0.15, 0.2) is 73.1 Å². The van der Waals surface area contributed by atoms with E-state index in [-0.39, 0.29) is 5.91 Å². The van der Waals surface area contributed by atoms with Crippen molar-refractivity contribution < 1.29 is 4.79 Å². The summed E-state index contributed by atoms with van der Waals surface area (Å²) in [5.74, 6) is 1.95. The van der Waals surface area contributed by atoms with Crippen molar-refractivity contribution in [1.82, 2.24) is 34.3 Å². The van der Waals surface area contributed by atoms with Crippen LogP contribution in [0.1, 0.15) is 73.0 Å². The fourth-order valence-corrected chi connectivity index (χ4v) is 6.60. The molecular weight excluding hydrogens is 536 g/mol. The predicted molar refractivity (Wildman–Crippen MR) is 168 cm³/mol. The van der Waals surface area contributed by atoms with Crippen LogP contribution in [0.3, 0.4) is 0 Å². The molecular formula is C34H38N8O. The topological polar surface area (TPSA) is 84.5 Å². The highest BCUT2D eigenvalue weighted by Crippen LogP contribution is 2.33. The molecule has 43 heavy (non-hydrogen) atoms. The predicted octanol–water partition coefficient (Wildman–Crippen LogP) is 5.94. The molecule has 1 aliphatic heterocycles. The molecule has 0 radical (unpaired) electrons. The summed E-state index contributed by atoms with van der Waals surface area (Å²) >= 11 is 0. The van der Waals surface area contributed by atoms with Gasteiger partial charge in [-0.05, 0) is 48.9 Å². The fraction of sp³-hybridized carbons (Fsp3) is 0.382. The van der Waals surface area contributed by atoms with Crippen LogP contribution >= 0.6 is 0 Å². The Kier molecular flexibility index (Phi) is 7.62. The van der Waals surface area contributed by atoms with E-state index in [0.717, 1.165) is 35.5 Å². The van der Waals surface area contributed by atoms with Crippen molar-refractivity contribution in [3.63, 3.8) is 0 Å². The molecule has 0 unspecified atom stereocenters. The van der Waals surface area contributed by atoms with Gasteiger partial charge < -0.3 is 9.80 Å². The Morgan fingerprint density at radius 2 is 1.67 bits per heavy atom. The zero-order valence-corrected chi connectivity index (χ0v) is 24.8. The number of hydrogen-bond acceptors (Lipinski definition) is 6. The number of carbonyl (C=O) groups is 1. The van der Waals surface area contributed by atoms with Gasteiger partial charge in [0.15, 0.2) is 0 Å². The zero-order valence-electron chi connectivity index (χ0n) is 24.8. The van der Waals surface area contributed by atoms with Crippen molar-refractivity contribution in [2.45, 2.75) is 57.8 Å². The molecule has 9 nitrogen and oxygen atoms in total. The number of aromatic nitrogens is 6. The molecule has 1 aliphatic carbocycles. The van der Waals surface area contributed by atoms with Crippen LogP contribution in [0.4, 0.5) is 5.95 Å². The number of amides is 1. The van der Waals surface area contributed by atoms with E-state index in [4.69, 9.17) is 10.1 Å². The maximum atomic E-state index is 13.7. The van der Waals surface area contributed by atoms with Gasteiger partial charge in [0, 0.05) is 37.9 Å². The molecule has 0 spiro atoms. The molecule has 7 rings (SSSR count). The summed E-state index contributed by atoms with van der Waals surface area (Å²) in [4.78, 5) is 27.0. The molecule has 2 aromatic carbocycles. The van der Waals surface area contributed by atoms with E-state index in [0.29, 0.717) is 49.4 Å². The summed E-state index contributed by atoms with van der Waals surface area (Å²) in [5.41, 5.74) is 6.15. The minimum atomic E-state index is 0.0360.